The average Bonchev–Trinajstić information content (AvgIpc) is 3.50. The predicted molar refractivity (Wildman–Crippen MR) is 190 cm³/mol. The molecule has 2 amide bonds. The number of azo groups is 2. The first kappa shape index (κ1) is 36.0. The summed E-state index contributed by atoms with van der Waals surface area (Å²) in [4.78, 5) is 57.9. The van der Waals surface area contributed by atoms with Crippen LogP contribution in [-0.4, -0.2) is 106 Å². The summed E-state index contributed by atoms with van der Waals surface area (Å²) >= 11 is 0. The highest BCUT2D eigenvalue weighted by Gasteiger charge is 2.59. The molecule has 0 radical (unpaired) electrons. The molecule has 0 aliphatic carbocycles. The maximum Gasteiger partial charge on any atom is 0.299 e. The van der Waals surface area contributed by atoms with E-state index in [-0.39, 0.29) is 11.4 Å². The van der Waals surface area contributed by atoms with Gasteiger partial charge in [0.05, 0.1) is 22.8 Å². The summed E-state index contributed by atoms with van der Waals surface area (Å²) in [5.74, 6) is -6.00. The molecule has 2 aliphatic heterocycles. The van der Waals surface area contributed by atoms with Crippen LogP contribution in [0.2, 0.25) is 0 Å². The van der Waals surface area contributed by atoms with Crippen molar-refractivity contribution >= 4 is 23.2 Å². The first-order valence-electron chi connectivity index (χ1n) is 16.2. The molecule has 2 aromatic heterocycles. The molecule has 4 heterocycles. The second kappa shape index (κ2) is 13.1. The normalized spacial score (nSPS) is 20.0. The lowest BCUT2D eigenvalue weighted by atomic mass is 10.1. The fourth-order valence-electron chi connectivity index (χ4n) is 6.44. The van der Waals surface area contributed by atoms with Crippen LogP contribution in [0.5, 0.6) is 0 Å². The van der Waals surface area contributed by atoms with Gasteiger partial charge in [-0.05, 0) is 38.1 Å². The number of aliphatic hydroxyl groups excluding tert-OH is 2. The van der Waals surface area contributed by atoms with Gasteiger partial charge in [0.15, 0.2) is 17.5 Å². The van der Waals surface area contributed by atoms with E-state index in [0.29, 0.717) is 22.8 Å². The zero-order valence-electron chi connectivity index (χ0n) is 30.2. The van der Waals surface area contributed by atoms with Crippen molar-refractivity contribution in [3.05, 3.63) is 116 Å². The van der Waals surface area contributed by atoms with E-state index in [4.69, 9.17) is 0 Å². The molecule has 0 spiro atoms. The number of hydrogen-bond acceptors (Lipinski definition) is 13. The van der Waals surface area contributed by atoms with Crippen molar-refractivity contribution in [3.8, 4) is 11.4 Å². The van der Waals surface area contributed by atoms with Gasteiger partial charge in [0, 0.05) is 42.3 Å². The van der Waals surface area contributed by atoms with Gasteiger partial charge >= 0.3 is 0 Å². The highest BCUT2D eigenvalue weighted by molar-refractivity contribution is 5.96. The standard InChI is InChI=1S/C34H38N12O7/c1-19-23(31(51)45(43(19)7)21-15-11-9-12-16-21)35-37-25-27(47)39(3)33(40(4)28(25)48)34(53)41(5)29(49)26(30(50)42(34)6)38-36-24-20(2)44(8)46(32(24)52)22-17-13-10-14-18-22/h9-18,33,47,49,53H,1-8H3. The molecule has 2 aromatic carbocycles. The Morgan fingerprint density at radius 2 is 0.981 bits per heavy atom. The molecule has 53 heavy (non-hydrogen) atoms. The Balaban J connectivity index is 1.33. The minimum atomic E-state index is -2.52. The van der Waals surface area contributed by atoms with Crippen LogP contribution < -0.4 is 11.1 Å². The van der Waals surface area contributed by atoms with Crippen LogP contribution in [0.25, 0.3) is 11.4 Å². The lowest BCUT2D eigenvalue weighted by Gasteiger charge is -2.55. The molecule has 4 aromatic rings. The SMILES string of the molecule is Cc1c(N=NC2=C(O)N(C)C(C3(O)N(C)C(=O)C(N=Nc4c(C)n(C)n(-c5ccccc5)c4=O)=C(O)N3C)N(C)C2=O)c(=O)n(-c2ccccc2)n1C. The van der Waals surface area contributed by atoms with Crippen LogP contribution >= 0.6 is 0 Å². The van der Waals surface area contributed by atoms with Gasteiger partial charge in [-0.2, -0.15) is 0 Å². The molecule has 19 heteroatoms. The number of benzene rings is 2. The summed E-state index contributed by atoms with van der Waals surface area (Å²) in [6.45, 7) is 3.29. The molecule has 276 valence electrons. The lowest BCUT2D eigenvalue weighted by Crippen LogP contribution is -2.76. The van der Waals surface area contributed by atoms with Gasteiger partial charge in [0.2, 0.25) is 23.2 Å². The zero-order chi connectivity index (χ0) is 38.7. The number of nitrogens with zero attached hydrogens (tertiary/aromatic N) is 12. The number of likely N-dealkylation sites (N-methyl/N-ethyl adjacent to an activating group) is 4. The van der Waals surface area contributed by atoms with E-state index in [1.165, 1.54) is 37.6 Å². The number of carbonyl (C=O) groups excluding carboxylic acids is 2. The fraction of sp³-hybridized carbons (Fsp3) is 0.294. The number of aliphatic hydroxyl groups is 3. The third-order valence-corrected chi connectivity index (χ3v) is 9.72. The molecule has 6 rings (SSSR count). The first-order valence-corrected chi connectivity index (χ1v) is 16.2. The van der Waals surface area contributed by atoms with Gasteiger partial charge in [0.1, 0.15) is 0 Å². The fourth-order valence-corrected chi connectivity index (χ4v) is 6.44. The molecule has 19 nitrogen and oxygen atoms in total. The highest BCUT2D eigenvalue weighted by Crippen LogP contribution is 2.38. The molecule has 0 saturated heterocycles. The lowest BCUT2D eigenvalue weighted by molar-refractivity contribution is -0.262. The second-order valence-electron chi connectivity index (χ2n) is 12.6. The van der Waals surface area contributed by atoms with Crippen molar-refractivity contribution in [3.63, 3.8) is 0 Å². The first-order chi connectivity index (χ1) is 25.0. The van der Waals surface area contributed by atoms with Crippen LogP contribution in [0.15, 0.2) is 114 Å². The Labute approximate surface area is 302 Å². The molecule has 2 aliphatic rings. The van der Waals surface area contributed by atoms with Gasteiger partial charge in [-0.1, -0.05) is 36.4 Å². The Hall–Kier alpha value is -6.76. The number of para-hydroxylation sites is 2. The van der Waals surface area contributed by atoms with E-state index < -0.39 is 58.1 Å². The van der Waals surface area contributed by atoms with Gasteiger partial charge in [-0.3, -0.25) is 38.3 Å². The Morgan fingerprint density at radius 1 is 0.566 bits per heavy atom. The summed E-state index contributed by atoms with van der Waals surface area (Å²) < 4.78 is 5.90. The van der Waals surface area contributed by atoms with Crippen molar-refractivity contribution in [2.45, 2.75) is 25.9 Å². The highest BCUT2D eigenvalue weighted by atomic mass is 16.4. The molecule has 2 atom stereocenters. The van der Waals surface area contributed by atoms with Crippen molar-refractivity contribution in [1.82, 2.24) is 38.3 Å². The third kappa shape index (κ3) is 5.39. The third-order valence-electron chi connectivity index (χ3n) is 9.72. The van der Waals surface area contributed by atoms with Crippen LogP contribution in [0.4, 0.5) is 11.4 Å². The molecule has 3 N–H and O–H groups in total. The number of hydrogen-bond donors (Lipinski definition) is 3. The Kier molecular flexibility index (Phi) is 8.90. The van der Waals surface area contributed by atoms with Gasteiger partial charge in [-0.25, -0.2) is 9.36 Å². The van der Waals surface area contributed by atoms with Crippen LogP contribution in [0.1, 0.15) is 11.4 Å². The van der Waals surface area contributed by atoms with E-state index in [1.807, 2.05) is 6.07 Å². The smallest absolute Gasteiger partial charge is 0.299 e. The van der Waals surface area contributed by atoms with E-state index in [2.05, 4.69) is 20.5 Å². The summed E-state index contributed by atoms with van der Waals surface area (Å²) in [5, 5.41) is 50.7. The van der Waals surface area contributed by atoms with Crippen LogP contribution in [0.3, 0.4) is 0 Å². The van der Waals surface area contributed by atoms with Crippen molar-refractivity contribution in [2.24, 2.45) is 34.6 Å². The molecule has 0 saturated carbocycles. The largest absolute Gasteiger partial charge is 0.493 e. The summed E-state index contributed by atoms with van der Waals surface area (Å²) in [7, 11) is 8.38. The Morgan fingerprint density at radius 3 is 1.42 bits per heavy atom. The zero-order valence-corrected chi connectivity index (χ0v) is 30.2. The van der Waals surface area contributed by atoms with Crippen molar-refractivity contribution in [1.29, 1.82) is 0 Å². The molecular formula is C34H38N12O7. The molecule has 0 bridgehead atoms. The van der Waals surface area contributed by atoms with E-state index >= 15 is 0 Å². The Bertz CT molecular complexity index is 2390. The van der Waals surface area contributed by atoms with Crippen LogP contribution in [-0.2, 0) is 23.7 Å². The summed E-state index contributed by atoms with van der Waals surface area (Å²) in [6.07, 6.45) is -1.54. The van der Waals surface area contributed by atoms with Crippen molar-refractivity contribution in [2.75, 3.05) is 28.2 Å². The second-order valence-corrected chi connectivity index (χ2v) is 12.6. The minimum Gasteiger partial charge on any atom is -0.493 e. The van der Waals surface area contributed by atoms with E-state index in [9.17, 15) is 34.5 Å². The summed E-state index contributed by atoms with van der Waals surface area (Å²) in [5.41, 5.74) is -0.344. The molecule has 2 unspecified atom stereocenters. The van der Waals surface area contributed by atoms with Gasteiger partial charge in [0.25, 0.3) is 28.8 Å². The molecule has 0 fully saturated rings. The quantitative estimate of drug-likeness (QED) is 0.238. The number of rotatable bonds is 7. The maximum absolute atomic E-state index is 13.7. The van der Waals surface area contributed by atoms with Gasteiger partial charge < -0.3 is 25.1 Å². The van der Waals surface area contributed by atoms with Gasteiger partial charge in [-0.15, -0.1) is 20.5 Å². The number of carbonyl (C=O) groups is 2. The van der Waals surface area contributed by atoms with Crippen LogP contribution in [0, 0.1) is 13.8 Å². The molecular weight excluding hydrogens is 688 g/mol. The topological polar surface area (TPSA) is 211 Å². The predicted octanol–water partition coefficient (Wildman–Crippen LogP) is 2.38. The maximum atomic E-state index is 13.7. The van der Waals surface area contributed by atoms with Crippen molar-refractivity contribution < 1.29 is 24.9 Å². The van der Waals surface area contributed by atoms with E-state index in [0.717, 1.165) is 19.6 Å². The minimum absolute atomic E-state index is 0.0747. The monoisotopic (exact) mass is 726 g/mol. The van der Waals surface area contributed by atoms with E-state index in [1.54, 1.807) is 91.9 Å². The number of amides is 2. The average molecular weight is 727 g/mol. The summed E-state index contributed by atoms with van der Waals surface area (Å²) in [6, 6.07) is 17.7. The number of aromatic nitrogens is 4.